The molecule has 0 aliphatic carbocycles. The minimum atomic E-state index is -0.537. The van der Waals surface area contributed by atoms with Crippen LogP contribution >= 0.6 is 0 Å². The Labute approximate surface area is 197 Å². The molecule has 0 saturated heterocycles. The highest BCUT2D eigenvalue weighted by molar-refractivity contribution is 5.24. The molecule has 32 heavy (non-hydrogen) atoms. The van der Waals surface area contributed by atoms with Gasteiger partial charge < -0.3 is 0 Å². The molecule has 178 valence electrons. The van der Waals surface area contributed by atoms with E-state index < -0.39 is 11.2 Å². The lowest BCUT2D eigenvalue weighted by Gasteiger charge is -2.42. The zero-order chi connectivity index (χ0) is 23.9. The quantitative estimate of drug-likeness (QED) is 0.229. The summed E-state index contributed by atoms with van der Waals surface area (Å²) < 4.78 is 0. The van der Waals surface area contributed by atoms with Crippen molar-refractivity contribution in [2.45, 2.75) is 105 Å². The first-order valence-corrected chi connectivity index (χ1v) is 12.4. The molecule has 2 unspecified atom stereocenters. The van der Waals surface area contributed by atoms with Gasteiger partial charge in [-0.05, 0) is 61.5 Å². The molecule has 2 aromatic carbocycles. The minimum Gasteiger partial charge on any atom is -0.225 e. The van der Waals surface area contributed by atoms with Gasteiger partial charge >= 0.3 is 0 Å². The van der Waals surface area contributed by atoms with Crippen LogP contribution in [0.15, 0.2) is 60.7 Å². The van der Waals surface area contributed by atoms with Crippen LogP contribution in [0, 0.1) is 10.8 Å². The molecule has 2 nitrogen and oxygen atoms in total. The van der Waals surface area contributed by atoms with E-state index in [-0.39, 0.29) is 10.8 Å². The van der Waals surface area contributed by atoms with Crippen LogP contribution in [0.3, 0.4) is 0 Å². The fourth-order valence-electron chi connectivity index (χ4n) is 5.48. The highest BCUT2D eigenvalue weighted by Gasteiger charge is 2.41. The summed E-state index contributed by atoms with van der Waals surface area (Å²) >= 11 is 0. The summed E-state index contributed by atoms with van der Waals surface area (Å²) in [5.74, 6) is 0. The zero-order valence-corrected chi connectivity index (χ0v) is 21.8. The van der Waals surface area contributed by atoms with E-state index in [1.54, 1.807) is 0 Å². The minimum absolute atomic E-state index is 0.146. The first-order valence-electron chi connectivity index (χ1n) is 12.4. The third-order valence-corrected chi connectivity index (χ3v) is 6.66. The molecule has 0 bridgehead atoms. The Morgan fingerprint density at radius 1 is 0.531 bits per heavy atom. The van der Waals surface area contributed by atoms with Crippen LogP contribution in [0.4, 0.5) is 0 Å². The molecule has 0 aliphatic heterocycles. The highest BCUT2D eigenvalue weighted by Crippen LogP contribution is 2.45. The van der Waals surface area contributed by atoms with Crippen LogP contribution in [0.2, 0.25) is 0 Å². The Morgan fingerprint density at radius 2 is 0.844 bits per heavy atom. The standard InChI is InChI=1S/C30H46O2/c1-9-21-27(3,4)23-29(7,25-17-13-11-14-18-25)31-32-30(8,24-28(5,6)22-10-2)26-19-15-12-16-20-26/h11-20H,9-10,21-24H2,1-8H3. The van der Waals surface area contributed by atoms with Crippen LogP contribution in [-0.2, 0) is 21.0 Å². The summed E-state index contributed by atoms with van der Waals surface area (Å²) in [6.07, 6.45) is 6.40. The van der Waals surface area contributed by atoms with E-state index in [0.29, 0.717) is 0 Å². The van der Waals surface area contributed by atoms with Crippen LogP contribution in [0.1, 0.15) is 105 Å². The van der Waals surface area contributed by atoms with Gasteiger partial charge in [-0.25, -0.2) is 9.78 Å². The maximum Gasteiger partial charge on any atom is 0.126 e. The molecule has 0 saturated carbocycles. The molecule has 2 aromatic rings. The van der Waals surface area contributed by atoms with Crippen LogP contribution < -0.4 is 0 Å². The fourth-order valence-corrected chi connectivity index (χ4v) is 5.48. The van der Waals surface area contributed by atoms with Crippen molar-refractivity contribution in [3.05, 3.63) is 71.8 Å². The average Bonchev–Trinajstić information content (AvgIpc) is 2.73. The largest absolute Gasteiger partial charge is 0.225 e. The number of hydrogen-bond acceptors (Lipinski definition) is 2. The fraction of sp³-hybridized carbons (Fsp3) is 0.600. The van der Waals surface area contributed by atoms with E-state index in [4.69, 9.17) is 9.78 Å². The Kier molecular flexibility index (Phi) is 9.14. The van der Waals surface area contributed by atoms with Gasteiger partial charge in [-0.2, -0.15) is 0 Å². The van der Waals surface area contributed by atoms with Gasteiger partial charge in [0.25, 0.3) is 0 Å². The Hall–Kier alpha value is -1.64. The van der Waals surface area contributed by atoms with Gasteiger partial charge in [0.15, 0.2) is 0 Å². The molecule has 0 radical (unpaired) electrons. The molecule has 2 rings (SSSR count). The lowest BCUT2D eigenvalue weighted by Crippen LogP contribution is -2.38. The van der Waals surface area contributed by atoms with Gasteiger partial charge in [0, 0.05) is 0 Å². The predicted molar refractivity (Wildman–Crippen MR) is 136 cm³/mol. The summed E-state index contributed by atoms with van der Waals surface area (Å²) in [6, 6.07) is 21.1. The van der Waals surface area contributed by atoms with Crippen molar-refractivity contribution in [1.29, 1.82) is 0 Å². The number of hydrogen-bond donors (Lipinski definition) is 0. The van der Waals surface area contributed by atoms with E-state index in [2.05, 4.69) is 116 Å². The normalized spacial score (nSPS) is 16.4. The summed E-state index contributed by atoms with van der Waals surface area (Å²) in [5.41, 5.74) is 1.54. The molecule has 0 amide bonds. The van der Waals surface area contributed by atoms with Crippen molar-refractivity contribution in [1.82, 2.24) is 0 Å². The summed E-state index contributed by atoms with van der Waals surface area (Å²) in [4.78, 5) is 13.1. The van der Waals surface area contributed by atoms with Gasteiger partial charge in [0.2, 0.25) is 0 Å². The van der Waals surface area contributed by atoms with E-state index in [0.717, 1.165) is 49.7 Å². The zero-order valence-electron chi connectivity index (χ0n) is 21.8. The van der Waals surface area contributed by atoms with E-state index in [1.165, 1.54) is 0 Å². The monoisotopic (exact) mass is 438 g/mol. The Balaban J connectivity index is 2.39. The molecular formula is C30H46O2. The van der Waals surface area contributed by atoms with Crippen molar-refractivity contribution >= 4 is 0 Å². The third kappa shape index (κ3) is 7.46. The topological polar surface area (TPSA) is 18.5 Å². The van der Waals surface area contributed by atoms with Gasteiger partial charge in [-0.3, -0.25) is 0 Å². The summed E-state index contributed by atoms with van der Waals surface area (Å²) in [6.45, 7) is 18.2. The molecule has 0 fully saturated rings. The molecular weight excluding hydrogens is 392 g/mol. The average molecular weight is 439 g/mol. The first kappa shape index (κ1) is 26.6. The van der Waals surface area contributed by atoms with Gasteiger partial charge in [0.05, 0.1) is 0 Å². The first-order chi connectivity index (χ1) is 15.0. The Morgan fingerprint density at radius 3 is 1.12 bits per heavy atom. The Bertz CT molecular complexity index is 727. The summed E-state index contributed by atoms with van der Waals surface area (Å²) in [7, 11) is 0. The second kappa shape index (κ2) is 11.0. The molecule has 0 aliphatic rings. The maximum absolute atomic E-state index is 6.54. The van der Waals surface area contributed by atoms with E-state index in [9.17, 15) is 0 Å². The third-order valence-electron chi connectivity index (χ3n) is 6.66. The van der Waals surface area contributed by atoms with Crippen molar-refractivity contribution in [3.63, 3.8) is 0 Å². The van der Waals surface area contributed by atoms with Crippen molar-refractivity contribution in [3.8, 4) is 0 Å². The lowest BCUT2D eigenvalue weighted by atomic mass is 9.75. The molecule has 0 spiro atoms. The molecule has 0 heterocycles. The van der Waals surface area contributed by atoms with Crippen LogP contribution in [0.5, 0.6) is 0 Å². The molecule has 2 heteroatoms. The summed E-state index contributed by atoms with van der Waals surface area (Å²) in [5, 5.41) is 0. The van der Waals surface area contributed by atoms with E-state index in [1.807, 2.05) is 0 Å². The second-order valence-electron chi connectivity index (χ2n) is 11.5. The maximum atomic E-state index is 6.54. The number of rotatable bonds is 13. The lowest BCUT2D eigenvalue weighted by molar-refractivity contribution is -0.425. The van der Waals surface area contributed by atoms with Gasteiger partial charge in [-0.1, -0.05) is 115 Å². The smallest absolute Gasteiger partial charge is 0.126 e. The number of benzene rings is 2. The predicted octanol–water partition coefficient (Wildman–Crippen LogP) is 9.20. The molecule has 0 N–H and O–H groups in total. The van der Waals surface area contributed by atoms with Crippen molar-refractivity contribution in [2.75, 3.05) is 0 Å². The van der Waals surface area contributed by atoms with Gasteiger partial charge in [-0.15, -0.1) is 0 Å². The van der Waals surface area contributed by atoms with Crippen LogP contribution in [0.25, 0.3) is 0 Å². The van der Waals surface area contributed by atoms with Crippen molar-refractivity contribution in [2.24, 2.45) is 10.8 Å². The highest BCUT2D eigenvalue weighted by atomic mass is 17.2. The van der Waals surface area contributed by atoms with E-state index >= 15 is 0 Å². The van der Waals surface area contributed by atoms with Gasteiger partial charge in [0.1, 0.15) is 11.2 Å². The SMILES string of the molecule is CCCC(C)(C)CC(C)(OOC(C)(CC(C)(C)CCC)c1ccccc1)c1ccccc1. The molecule has 0 aromatic heterocycles. The van der Waals surface area contributed by atoms with Crippen LogP contribution in [-0.4, -0.2) is 0 Å². The molecule has 2 atom stereocenters. The second-order valence-corrected chi connectivity index (χ2v) is 11.5. The van der Waals surface area contributed by atoms with Crippen molar-refractivity contribution < 1.29 is 9.78 Å².